The second kappa shape index (κ2) is 10.6. The molecule has 1 atom stereocenters. The molecule has 1 amide bonds. The molecule has 0 fully saturated rings. The van der Waals surface area contributed by atoms with Crippen molar-refractivity contribution in [3.8, 4) is 22.9 Å². The van der Waals surface area contributed by atoms with Gasteiger partial charge in [-0.2, -0.15) is 4.98 Å². The highest BCUT2D eigenvalue weighted by Gasteiger charge is 2.24. The summed E-state index contributed by atoms with van der Waals surface area (Å²) in [5, 5.41) is 3.99. The third kappa shape index (κ3) is 6.04. The molecule has 0 aliphatic heterocycles. The minimum atomic E-state index is -3.36. The fraction of sp³-hybridized carbons (Fsp3) is 0.348. The molecule has 0 saturated carbocycles. The standard InChI is InChI=1S/C23H28N4O6S/c1-6-20(32-18-12-10-17(11-13-18)27(3)34(5,29)30)23(28)26(2)15-21-24-22(25-33-21)16-8-7-9-19(14-16)31-4/h7-14,20H,6,15H2,1-5H3/t20-/m0/s1. The normalized spacial score (nSPS) is 12.1. The molecule has 0 aliphatic rings. The number of nitrogens with zero attached hydrogens (tertiary/aromatic N) is 4. The first-order valence-electron chi connectivity index (χ1n) is 10.5. The van der Waals surface area contributed by atoms with Gasteiger partial charge in [-0.15, -0.1) is 0 Å². The molecule has 11 heteroatoms. The highest BCUT2D eigenvalue weighted by Crippen LogP contribution is 2.23. The number of likely N-dealkylation sites (N-methyl/N-ethyl adjacent to an activating group) is 1. The Labute approximate surface area is 199 Å². The Balaban J connectivity index is 1.64. The van der Waals surface area contributed by atoms with Crippen LogP contribution in [0.3, 0.4) is 0 Å². The largest absolute Gasteiger partial charge is 0.497 e. The molecule has 1 heterocycles. The summed E-state index contributed by atoms with van der Waals surface area (Å²) in [6, 6.07) is 13.8. The highest BCUT2D eigenvalue weighted by molar-refractivity contribution is 7.92. The zero-order valence-electron chi connectivity index (χ0n) is 19.8. The molecule has 10 nitrogen and oxygen atoms in total. The minimum Gasteiger partial charge on any atom is -0.497 e. The van der Waals surface area contributed by atoms with Gasteiger partial charge in [0.2, 0.25) is 21.7 Å². The number of ether oxygens (including phenoxy) is 2. The van der Waals surface area contributed by atoms with Crippen molar-refractivity contribution in [2.45, 2.75) is 26.0 Å². The van der Waals surface area contributed by atoms with Gasteiger partial charge in [0.1, 0.15) is 11.5 Å². The molecule has 0 N–H and O–H groups in total. The fourth-order valence-corrected chi connectivity index (χ4v) is 3.63. The van der Waals surface area contributed by atoms with Crippen LogP contribution in [0, 0.1) is 0 Å². The van der Waals surface area contributed by atoms with Gasteiger partial charge in [-0.3, -0.25) is 9.10 Å². The van der Waals surface area contributed by atoms with Gasteiger partial charge in [-0.05, 0) is 42.8 Å². The van der Waals surface area contributed by atoms with Gasteiger partial charge in [0.05, 0.1) is 25.6 Å². The number of hydrogen-bond acceptors (Lipinski definition) is 8. The summed E-state index contributed by atoms with van der Waals surface area (Å²) >= 11 is 0. The number of benzene rings is 2. The average Bonchev–Trinajstić information content (AvgIpc) is 3.30. The first-order chi connectivity index (χ1) is 16.1. The smallest absolute Gasteiger partial charge is 0.263 e. The summed E-state index contributed by atoms with van der Waals surface area (Å²) in [4.78, 5) is 18.8. The van der Waals surface area contributed by atoms with Gasteiger partial charge in [0.25, 0.3) is 5.91 Å². The van der Waals surface area contributed by atoms with E-state index in [-0.39, 0.29) is 18.3 Å². The van der Waals surface area contributed by atoms with Crippen molar-refractivity contribution < 1.29 is 27.2 Å². The Hall–Kier alpha value is -3.60. The van der Waals surface area contributed by atoms with Gasteiger partial charge in [0, 0.05) is 19.7 Å². The predicted molar refractivity (Wildman–Crippen MR) is 127 cm³/mol. The molecule has 0 bridgehead atoms. The number of rotatable bonds is 10. The number of carbonyl (C=O) groups is 1. The molecule has 182 valence electrons. The van der Waals surface area contributed by atoms with E-state index in [1.165, 1.54) is 11.9 Å². The van der Waals surface area contributed by atoms with Crippen LogP contribution in [-0.4, -0.2) is 62.9 Å². The zero-order chi connectivity index (χ0) is 24.9. The Kier molecular flexibility index (Phi) is 7.77. The van der Waals surface area contributed by atoms with E-state index in [9.17, 15) is 13.2 Å². The lowest BCUT2D eigenvalue weighted by atomic mass is 10.2. The van der Waals surface area contributed by atoms with Crippen LogP contribution < -0.4 is 13.8 Å². The molecule has 0 spiro atoms. The minimum absolute atomic E-state index is 0.119. The van der Waals surface area contributed by atoms with E-state index in [2.05, 4.69) is 10.1 Å². The highest BCUT2D eigenvalue weighted by atomic mass is 32.2. The summed E-state index contributed by atoms with van der Waals surface area (Å²) in [5.74, 6) is 1.57. The van der Waals surface area contributed by atoms with E-state index in [4.69, 9.17) is 14.0 Å². The van der Waals surface area contributed by atoms with Gasteiger partial charge in [0.15, 0.2) is 6.10 Å². The number of methoxy groups -OCH3 is 1. The number of amides is 1. The number of hydrogen-bond donors (Lipinski definition) is 0. The number of carbonyl (C=O) groups excluding carboxylic acids is 1. The van der Waals surface area contributed by atoms with Crippen LogP contribution in [-0.2, 0) is 21.4 Å². The van der Waals surface area contributed by atoms with Gasteiger partial charge in [-0.1, -0.05) is 24.2 Å². The van der Waals surface area contributed by atoms with Crippen LogP contribution in [0.25, 0.3) is 11.4 Å². The molecule has 3 rings (SSSR count). The van der Waals surface area contributed by atoms with Gasteiger partial charge < -0.3 is 18.9 Å². The van der Waals surface area contributed by atoms with Crippen molar-refractivity contribution in [3.05, 3.63) is 54.4 Å². The second-order valence-electron chi connectivity index (χ2n) is 7.68. The summed E-state index contributed by atoms with van der Waals surface area (Å²) in [6.07, 6.45) is 0.832. The van der Waals surface area contributed by atoms with Crippen molar-refractivity contribution in [1.82, 2.24) is 15.0 Å². The first kappa shape index (κ1) is 25.0. The molecule has 0 unspecified atom stereocenters. The lowest BCUT2D eigenvalue weighted by Crippen LogP contribution is -2.39. The molecular weight excluding hydrogens is 460 g/mol. The maximum atomic E-state index is 13.0. The first-order valence-corrected chi connectivity index (χ1v) is 12.4. The quantitative estimate of drug-likeness (QED) is 0.428. The van der Waals surface area contributed by atoms with E-state index in [1.807, 2.05) is 25.1 Å². The van der Waals surface area contributed by atoms with Gasteiger partial charge >= 0.3 is 0 Å². The van der Waals surface area contributed by atoms with E-state index in [0.717, 1.165) is 16.1 Å². The van der Waals surface area contributed by atoms with E-state index >= 15 is 0 Å². The summed E-state index contributed by atoms with van der Waals surface area (Å²) in [7, 11) is 1.32. The van der Waals surface area contributed by atoms with Crippen molar-refractivity contribution in [1.29, 1.82) is 0 Å². The second-order valence-corrected chi connectivity index (χ2v) is 9.69. The SMILES string of the molecule is CC[C@H](Oc1ccc(N(C)S(C)(=O)=O)cc1)C(=O)N(C)Cc1nc(-c2cccc(OC)c2)no1. The maximum absolute atomic E-state index is 13.0. The maximum Gasteiger partial charge on any atom is 0.263 e. The van der Waals surface area contributed by atoms with Crippen molar-refractivity contribution in [3.63, 3.8) is 0 Å². The molecular formula is C23H28N4O6S. The molecule has 3 aromatic rings. The zero-order valence-corrected chi connectivity index (χ0v) is 20.6. The van der Waals surface area contributed by atoms with E-state index in [1.54, 1.807) is 44.5 Å². The van der Waals surface area contributed by atoms with Gasteiger partial charge in [-0.25, -0.2) is 8.42 Å². The molecule has 34 heavy (non-hydrogen) atoms. The Morgan fingerprint density at radius 1 is 1.12 bits per heavy atom. The average molecular weight is 489 g/mol. The van der Waals surface area contributed by atoms with Crippen LogP contribution in [0.5, 0.6) is 11.5 Å². The topological polar surface area (TPSA) is 115 Å². The van der Waals surface area contributed by atoms with Crippen molar-refractivity contribution >= 4 is 21.6 Å². The van der Waals surface area contributed by atoms with Crippen LogP contribution in [0.2, 0.25) is 0 Å². The van der Waals surface area contributed by atoms with Crippen molar-refractivity contribution in [2.75, 3.05) is 31.8 Å². The third-order valence-corrected chi connectivity index (χ3v) is 6.37. The molecule has 0 aliphatic carbocycles. The number of aromatic nitrogens is 2. The summed E-state index contributed by atoms with van der Waals surface area (Å²) in [6.45, 7) is 1.96. The summed E-state index contributed by atoms with van der Waals surface area (Å²) in [5.41, 5.74) is 1.23. The number of anilines is 1. The fourth-order valence-electron chi connectivity index (χ4n) is 3.12. The number of sulfonamides is 1. The monoisotopic (exact) mass is 488 g/mol. The Morgan fingerprint density at radius 2 is 1.82 bits per heavy atom. The lowest BCUT2D eigenvalue weighted by Gasteiger charge is -2.23. The lowest BCUT2D eigenvalue weighted by molar-refractivity contribution is -0.138. The van der Waals surface area contributed by atoms with Crippen LogP contribution in [0.15, 0.2) is 53.1 Å². The summed E-state index contributed by atoms with van der Waals surface area (Å²) < 4.78 is 40.9. The molecule has 2 aromatic carbocycles. The van der Waals surface area contributed by atoms with Crippen molar-refractivity contribution in [2.24, 2.45) is 0 Å². The Bertz CT molecular complexity index is 1230. The van der Waals surface area contributed by atoms with Crippen LogP contribution in [0.1, 0.15) is 19.2 Å². The predicted octanol–water partition coefficient (Wildman–Crippen LogP) is 2.96. The Morgan fingerprint density at radius 3 is 2.44 bits per heavy atom. The molecule has 0 saturated heterocycles. The van der Waals surface area contributed by atoms with Crippen LogP contribution in [0.4, 0.5) is 5.69 Å². The van der Waals surface area contributed by atoms with E-state index < -0.39 is 16.1 Å². The van der Waals surface area contributed by atoms with E-state index in [0.29, 0.717) is 29.4 Å². The molecule has 0 radical (unpaired) electrons. The van der Waals surface area contributed by atoms with Crippen LogP contribution >= 0.6 is 0 Å². The molecule has 1 aromatic heterocycles. The third-order valence-electron chi connectivity index (χ3n) is 5.17.